The van der Waals surface area contributed by atoms with Crippen LogP contribution in [-0.4, -0.2) is 36.5 Å². The van der Waals surface area contributed by atoms with Gasteiger partial charge in [0.25, 0.3) is 0 Å². The molecule has 1 aromatic rings. The second kappa shape index (κ2) is 7.34. The SMILES string of the molecule is Cc1cnccc1CNCCOCCO. The van der Waals surface area contributed by atoms with E-state index in [-0.39, 0.29) is 6.61 Å². The fourth-order valence-corrected chi connectivity index (χ4v) is 1.23. The van der Waals surface area contributed by atoms with E-state index >= 15 is 0 Å². The van der Waals surface area contributed by atoms with E-state index in [0.717, 1.165) is 13.1 Å². The second-order valence-corrected chi connectivity index (χ2v) is 3.31. The summed E-state index contributed by atoms with van der Waals surface area (Å²) in [6.45, 7) is 4.80. The van der Waals surface area contributed by atoms with Crippen LogP contribution in [0.1, 0.15) is 11.1 Å². The molecule has 0 aliphatic rings. The third kappa shape index (κ3) is 4.88. The van der Waals surface area contributed by atoms with Crippen LogP contribution in [-0.2, 0) is 11.3 Å². The molecule has 0 bridgehead atoms. The number of hydrogen-bond acceptors (Lipinski definition) is 4. The fourth-order valence-electron chi connectivity index (χ4n) is 1.23. The van der Waals surface area contributed by atoms with E-state index in [4.69, 9.17) is 9.84 Å². The van der Waals surface area contributed by atoms with Gasteiger partial charge in [-0.2, -0.15) is 0 Å². The largest absolute Gasteiger partial charge is 0.394 e. The predicted molar refractivity (Wildman–Crippen MR) is 58.6 cm³/mol. The molecule has 2 N–H and O–H groups in total. The van der Waals surface area contributed by atoms with E-state index in [9.17, 15) is 0 Å². The molecule has 0 radical (unpaired) electrons. The highest BCUT2D eigenvalue weighted by Gasteiger charge is 1.96. The molecule has 0 amide bonds. The van der Waals surface area contributed by atoms with E-state index in [1.807, 2.05) is 19.2 Å². The number of ether oxygens (including phenoxy) is 1. The Morgan fingerprint density at radius 2 is 2.33 bits per heavy atom. The van der Waals surface area contributed by atoms with Gasteiger partial charge in [0, 0.05) is 25.5 Å². The third-order valence-corrected chi connectivity index (χ3v) is 2.11. The van der Waals surface area contributed by atoms with Crippen LogP contribution in [0.25, 0.3) is 0 Å². The van der Waals surface area contributed by atoms with E-state index in [2.05, 4.69) is 10.3 Å². The normalized spacial score (nSPS) is 10.5. The molecule has 0 saturated carbocycles. The van der Waals surface area contributed by atoms with Gasteiger partial charge in [0.2, 0.25) is 0 Å². The maximum atomic E-state index is 8.48. The summed E-state index contributed by atoms with van der Waals surface area (Å²) in [7, 11) is 0. The van der Waals surface area contributed by atoms with Gasteiger partial charge in [-0.3, -0.25) is 4.98 Å². The molecule has 0 fully saturated rings. The fraction of sp³-hybridized carbons (Fsp3) is 0.545. The predicted octanol–water partition coefficient (Wildman–Crippen LogP) is 0.489. The van der Waals surface area contributed by atoms with Crippen molar-refractivity contribution < 1.29 is 9.84 Å². The van der Waals surface area contributed by atoms with Gasteiger partial charge < -0.3 is 15.2 Å². The lowest BCUT2D eigenvalue weighted by Crippen LogP contribution is -2.20. The van der Waals surface area contributed by atoms with Crippen molar-refractivity contribution in [2.75, 3.05) is 26.4 Å². The number of aromatic nitrogens is 1. The second-order valence-electron chi connectivity index (χ2n) is 3.31. The van der Waals surface area contributed by atoms with Crippen molar-refractivity contribution >= 4 is 0 Å². The highest BCUT2D eigenvalue weighted by Crippen LogP contribution is 2.03. The molecule has 4 heteroatoms. The standard InChI is InChI=1S/C11H18N2O2/c1-10-8-12-3-2-11(10)9-13-4-6-15-7-5-14/h2-3,8,13-14H,4-7,9H2,1H3. The molecule has 4 nitrogen and oxygen atoms in total. The number of aryl methyl sites for hydroxylation is 1. The molecule has 0 aromatic carbocycles. The molecule has 0 saturated heterocycles. The monoisotopic (exact) mass is 210 g/mol. The maximum absolute atomic E-state index is 8.48. The van der Waals surface area contributed by atoms with Gasteiger partial charge in [0.15, 0.2) is 0 Å². The lowest BCUT2D eigenvalue weighted by atomic mass is 10.1. The van der Waals surface area contributed by atoms with E-state index in [0.29, 0.717) is 13.2 Å². The van der Waals surface area contributed by atoms with Crippen LogP contribution in [0.2, 0.25) is 0 Å². The first kappa shape index (κ1) is 12.1. The summed E-state index contributed by atoms with van der Waals surface area (Å²) < 4.78 is 5.13. The summed E-state index contributed by atoms with van der Waals surface area (Å²) in [5.74, 6) is 0. The van der Waals surface area contributed by atoms with Crippen molar-refractivity contribution in [3.8, 4) is 0 Å². The highest BCUT2D eigenvalue weighted by molar-refractivity contribution is 5.20. The molecule has 0 spiro atoms. The third-order valence-electron chi connectivity index (χ3n) is 2.11. The zero-order valence-electron chi connectivity index (χ0n) is 9.07. The number of rotatable bonds is 7. The quantitative estimate of drug-likeness (QED) is 0.643. The zero-order chi connectivity index (χ0) is 10.9. The van der Waals surface area contributed by atoms with Crippen LogP contribution >= 0.6 is 0 Å². The van der Waals surface area contributed by atoms with E-state index in [1.165, 1.54) is 11.1 Å². The van der Waals surface area contributed by atoms with Crippen LogP contribution in [0.3, 0.4) is 0 Å². The Hall–Kier alpha value is -0.970. The number of nitrogens with one attached hydrogen (secondary N) is 1. The lowest BCUT2D eigenvalue weighted by molar-refractivity contribution is 0.0938. The Morgan fingerprint density at radius 1 is 1.47 bits per heavy atom. The van der Waals surface area contributed by atoms with Crippen LogP contribution in [0.4, 0.5) is 0 Å². The van der Waals surface area contributed by atoms with Gasteiger partial charge in [0.1, 0.15) is 0 Å². The Balaban J connectivity index is 2.12. The van der Waals surface area contributed by atoms with E-state index < -0.39 is 0 Å². The van der Waals surface area contributed by atoms with Gasteiger partial charge in [-0.1, -0.05) is 0 Å². The molecule has 0 atom stereocenters. The van der Waals surface area contributed by atoms with Crippen molar-refractivity contribution in [2.45, 2.75) is 13.5 Å². The molecule has 1 rings (SSSR count). The Bertz CT molecular complexity index is 279. The van der Waals surface area contributed by atoms with Crippen LogP contribution in [0.5, 0.6) is 0 Å². The molecule has 0 unspecified atom stereocenters. The number of aliphatic hydroxyl groups excluding tert-OH is 1. The van der Waals surface area contributed by atoms with Crippen LogP contribution in [0.15, 0.2) is 18.5 Å². The van der Waals surface area contributed by atoms with Crippen LogP contribution in [0, 0.1) is 6.92 Å². The minimum Gasteiger partial charge on any atom is -0.394 e. The summed E-state index contributed by atoms with van der Waals surface area (Å²) in [4.78, 5) is 4.03. The molecule has 84 valence electrons. The molecule has 0 aliphatic heterocycles. The van der Waals surface area contributed by atoms with Crippen molar-refractivity contribution in [1.82, 2.24) is 10.3 Å². The first-order chi connectivity index (χ1) is 7.34. The van der Waals surface area contributed by atoms with Crippen molar-refractivity contribution in [3.63, 3.8) is 0 Å². The highest BCUT2D eigenvalue weighted by atomic mass is 16.5. The Kier molecular flexibility index (Phi) is 5.92. The summed E-state index contributed by atoms with van der Waals surface area (Å²) in [5, 5.41) is 11.8. The molecule has 15 heavy (non-hydrogen) atoms. The zero-order valence-corrected chi connectivity index (χ0v) is 9.07. The number of nitrogens with zero attached hydrogens (tertiary/aromatic N) is 1. The Morgan fingerprint density at radius 3 is 3.07 bits per heavy atom. The number of pyridine rings is 1. The number of aliphatic hydroxyl groups is 1. The minimum absolute atomic E-state index is 0.0868. The lowest BCUT2D eigenvalue weighted by Gasteiger charge is -2.07. The maximum Gasteiger partial charge on any atom is 0.0698 e. The van der Waals surface area contributed by atoms with Gasteiger partial charge >= 0.3 is 0 Å². The summed E-state index contributed by atoms with van der Waals surface area (Å²) in [5.41, 5.74) is 2.45. The number of hydrogen-bond donors (Lipinski definition) is 2. The van der Waals surface area contributed by atoms with E-state index in [1.54, 1.807) is 6.20 Å². The van der Waals surface area contributed by atoms with Gasteiger partial charge in [-0.05, 0) is 24.1 Å². The molecule has 1 heterocycles. The minimum atomic E-state index is 0.0868. The van der Waals surface area contributed by atoms with Crippen molar-refractivity contribution in [2.24, 2.45) is 0 Å². The smallest absolute Gasteiger partial charge is 0.0698 e. The van der Waals surface area contributed by atoms with Gasteiger partial charge in [0.05, 0.1) is 19.8 Å². The first-order valence-corrected chi connectivity index (χ1v) is 5.13. The Labute approximate surface area is 90.3 Å². The van der Waals surface area contributed by atoms with Crippen LogP contribution < -0.4 is 5.32 Å². The van der Waals surface area contributed by atoms with Gasteiger partial charge in [-0.25, -0.2) is 0 Å². The van der Waals surface area contributed by atoms with Gasteiger partial charge in [-0.15, -0.1) is 0 Å². The summed E-state index contributed by atoms with van der Waals surface area (Å²) >= 11 is 0. The summed E-state index contributed by atoms with van der Waals surface area (Å²) in [6, 6.07) is 2.01. The van der Waals surface area contributed by atoms with Crippen molar-refractivity contribution in [1.29, 1.82) is 0 Å². The topological polar surface area (TPSA) is 54.4 Å². The van der Waals surface area contributed by atoms with Crippen molar-refractivity contribution in [3.05, 3.63) is 29.6 Å². The average molecular weight is 210 g/mol. The molecule has 0 aliphatic carbocycles. The molecular formula is C11H18N2O2. The average Bonchev–Trinajstić information content (AvgIpc) is 2.25. The summed E-state index contributed by atoms with van der Waals surface area (Å²) in [6.07, 6.45) is 3.66. The molecule has 1 aromatic heterocycles. The first-order valence-electron chi connectivity index (χ1n) is 5.13. The molecular weight excluding hydrogens is 192 g/mol.